The van der Waals surface area contributed by atoms with Gasteiger partial charge in [0.25, 0.3) is 0 Å². The zero-order valence-electron chi connectivity index (χ0n) is 16.8. The Labute approximate surface area is 158 Å². The average Bonchev–Trinajstić information content (AvgIpc) is 2.72. The molecule has 0 aliphatic carbocycles. The molecule has 2 aromatic carbocycles. The van der Waals surface area contributed by atoms with Crippen molar-refractivity contribution in [1.82, 2.24) is 0 Å². The van der Waals surface area contributed by atoms with Crippen molar-refractivity contribution in [2.45, 2.75) is 39.8 Å². The van der Waals surface area contributed by atoms with Crippen LogP contribution in [0.3, 0.4) is 0 Å². The van der Waals surface area contributed by atoms with Crippen LogP contribution in [0.5, 0.6) is 0 Å². The summed E-state index contributed by atoms with van der Waals surface area (Å²) in [5.74, 6) is -0.0139. The molecule has 0 aromatic heterocycles. The van der Waals surface area contributed by atoms with Gasteiger partial charge in [-0.15, -0.1) is 0 Å². The molecule has 2 aromatic rings. The maximum absolute atomic E-state index is 13.1. The van der Waals surface area contributed by atoms with Gasteiger partial charge in [0.15, 0.2) is 11.4 Å². The van der Waals surface area contributed by atoms with Gasteiger partial charge >= 0.3 is 0 Å². The molecular weight excluding hydrogens is 322 g/mol. The lowest BCUT2D eigenvalue weighted by Gasteiger charge is -2.36. The first-order valence-electron chi connectivity index (χ1n) is 9.54. The maximum Gasteiger partial charge on any atom is 0.198 e. The minimum Gasteiger partial charge on any atom is -0.366 e. The summed E-state index contributed by atoms with van der Waals surface area (Å²) in [5.41, 5.74) is 1.85. The van der Waals surface area contributed by atoms with Crippen LogP contribution in [0, 0.1) is 0 Å². The van der Waals surface area contributed by atoms with Gasteiger partial charge in [-0.3, -0.25) is 4.79 Å². The van der Waals surface area contributed by atoms with E-state index in [1.807, 2.05) is 49.4 Å². The van der Waals surface area contributed by atoms with Crippen LogP contribution in [0.15, 0.2) is 54.6 Å². The van der Waals surface area contributed by atoms with Gasteiger partial charge in [-0.1, -0.05) is 54.6 Å². The Bertz CT molecular complexity index is 696. The zero-order valence-corrected chi connectivity index (χ0v) is 16.8. The average molecular weight is 355 g/mol. The number of hydrogen-bond acceptors (Lipinski definition) is 2. The monoisotopic (exact) mass is 354 g/mol. The van der Waals surface area contributed by atoms with Crippen LogP contribution in [0.2, 0.25) is 0 Å². The Morgan fingerprint density at radius 1 is 0.923 bits per heavy atom. The summed E-state index contributed by atoms with van der Waals surface area (Å²) in [6, 6.07) is 17.7. The molecule has 2 rings (SSSR count). The molecule has 26 heavy (non-hydrogen) atoms. The number of Topliss-reactive ketones (excluding diaryl/α,β-unsaturated/α-hetero) is 1. The Morgan fingerprint density at radius 2 is 1.46 bits per heavy atom. The molecule has 0 bridgehead atoms. The summed E-state index contributed by atoms with van der Waals surface area (Å²) >= 11 is 0. The predicted molar refractivity (Wildman–Crippen MR) is 107 cm³/mol. The quantitative estimate of drug-likeness (QED) is 0.477. The van der Waals surface area contributed by atoms with Crippen molar-refractivity contribution >= 4 is 5.78 Å². The Hall–Kier alpha value is -1.97. The van der Waals surface area contributed by atoms with E-state index >= 15 is 0 Å². The van der Waals surface area contributed by atoms with Crippen molar-refractivity contribution in [3.63, 3.8) is 0 Å². The molecule has 0 saturated heterocycles. The lowest BCUT2D eigenvalue weighted by atomic mass is 9.87. The molecule has 0 amide bonds. The van der Waals surface area contributed by atoms with Crippen LogP contribution < -0.4 is 0 Å². The van der Waals surface area contributed by atoms with Gasteiger partial charge in [0, 0.05) is 18.2 Å². The fraction of sp³-hybridized carbons (Fsp3) is 0.435. The number of nitrogens with zero attached hydrogens (tertiary/aromatic N) is 1. The second kappa shape index (κ2) is 8.61. The van der Waals surface area contributed by atoms with Crippen LogP contribution in [-0.2, 0) is 16.9 Å². The highest BCUT2D eigenvalue weighted by Crippen LogP contribution is 2.29. The third kappa shape index (κ3) is 4.05. The standard InChI is InChI=1S/C23H32NO2/c1-6-24(7-2,8-3)18-19-14-16-20(17-15-19)22(25)23(4,26-5)21-12-10-9-11-13-21/h9-17H,6-8,18H2,1-5H3/q+1. The fourth-order valence-corrected chi connectivity index (χ4v) is 3.53. The highest BCUT2D eigenvalue weighted by Gasteiger charge is 2.35. The second-order valence-electron chi connectivity index (χ2n) is 7.08. The zero-order chi connectivity index (χ0) is 19.2. The minimum atomic E-state index is -0.973. The summed E-state index contributed by atoms with van der Waals surface area (Å²) in [7, 11) is 1.59. The molecule has 0 N–H and O–H groups in total. The van der Waals surface area contributed by atoms with Gasteiger partial charge in [-0.25, -0.2) is 0 Å². The molecule has 0 heterocycles. The molecule has 140 valence electrons. The Balaban J connectivity index is 2.25. The number of quaternary nitrogens is 1. The predicted octanol–water partition coefficient (Wildman–Crippen LogP) is 4.81. The van der Waals surface area contributed by atoms with Gasteiger partial charge in [0.05, 0.1) is 19.6 Å². The van der Waals surface area contributed by atoms with Gasteiger partial charge in [0.2, 0.25) is 0 Å². The van der Waals surface area contributed by atoms with Gasteiger partial charge < -0.3 is 9.22 Å². The molecule has 3 heteroatoms. The van der Waals surface area contributed by atoms with Crippen molar-refractivity contribution in [1.29, 1.82) is 0 Å². The third-order valence-corrected chi connectivity index (χ3v) is 5.91. The largest absolute Gasteiger partial charge is 0.366 e. The summed E-state index contributed by atoms with van der Waals surface area (Å²) in [6.45, 7) is 12.9. The van der Waals surface area contributed by atoms with E-state index in [1.165, 1.54) is 5.56 Å². The number of carbonyl (C=O) groups is 1. The lowest BCUT2D eigenvalue weighted by molar-refractivity contribution is -0.936. The molecule has 0 radical (unpaired) electrons. The van der Waals surface area contributed by atoms with Gasteiger partial charge in [-0.2, -0.15) is 0 Å². The van der Waals surface area contributed by atoms with Crippen LogP contribution in [-0.4, -0.2) is 37.0 Å². The topological polar surface area (TPSA) is 26.3 Å². The second-order valence-corrected chi connectivity index (χ2v) is 7.08. The number of hydrogen-bond donors (Lipinski definition) is 0. The summed E-state index contributed by atoms with van der Waals surface area (Å²) < 4.78 is 6.71. The van der Waals surface area contributed by atoms with E-state index in [1.54, 1.807) is 7.11 Å². The number of ketones is 1. The number of benzene rings is 2. The van der Waals surface area contributed by atoms with E-state index in [9.17, 15) is 4.79 Å². The highest BCUT2D eigenvalue weighted by atomic mass is 16.5. The van der Waals surface area contributed by atoms with E-state index in [4.69, 9.17) is 4.74 Å². The number of ether oxygens (including phenoxy) is 1. The highest BCUT2D eigenvalue weighted by molar-refractivity contribution is 6.02. The normalized spacial score (nSPS) is 14.0. The Kier molecular flexibility index (Phi) is 6.74. The Morgan fingerprint density at radius 3 is 1.92 bits per heavy atom. The summed E-state index contributed by atoms with van der Waals surface area (Å²) in [6.07, 6.45) is 0. The molecule has 0 saturated carbocycles. The van der Waals surface area contributed by atoms with Crippen molar-refractivity contribution in [3.05, 3.63) is 71.3 Å². The van der Waals surface area contributed by atoms with Gasteiger partial charge in [-0.05, 0) is 33.3 Å². The van der Waals surface area contributed by atoms with E-state index in [0.717, 1.165) is 36.2 Å². The van der Waals surface area contributed by atoms with Crippen LogP contribution in [0.1, 0.15) is 49.2 Å². The molecule has 3 nitrogen and oxygen atoms in total. The molecular formula is C23H32NO2+. The number of carbonyl (C=O) groups excluding carboxylic acids is 1. The van der Waals surface area contributed by atoms with Crippen molar-refractivity contribution in [2.24, 2.45) is 0 Å². The fourth-order valence-electron chi connectivity index (χ4n) is 3.53. The SMILES string of the molecule is CC[N+](CC)(CC)Cc1ccc(C(=O)C(C)(OC)c2ccccc2)cc1. The first-order valence-corrected chi connectivity index (χ1v) is 9.54. The van der Waals surface area contributed by atoms with E-state index in [0.29, 0.717) is 5.56 Å². The summed E-state index contributed by atoms with van der Waals surface area (Å²) in [5, 5.41) is 0. The first kappa shape index (κ1) is 20.3. The molecule has 1 unspecified atom stereocenters. The van der Waals surface area contributed by atoms with Crippen LogP contribution in [0.4, 0.5) is 0 Å². The van der Waals surface area contributed by atoms with Crippen molar-refractivity contribution in [3.8, 4) is 0 Å². The van der Waals surface area contributed by atoms with Crippen molar-refractivity contribution < 1.29 is 14.0 Å². The van der Waals surface area contributed by atoms with Crippen LogP contribution in [0.25, 0.3) is 0 Å². The number of methoxy groups -OCH3 is 1. The molecule has 0 aliphatic heterocycles. The molecule has 1 atom stereocenters. The number of rotatable bonds is 9. The van der Waals surface area contributed by atoms with Crippen molar-refractivity contribution in [2.75, 3.05) is 26.7 Å². The maximum atomic E-state index is 13.1. The minimum absolute atomic E-state index is 0.0139. The van der Waals surface area contributed by atoms with Gasteiger partial charge in [0.1, 0.15) is 6.54 Å². The molecule has 0 aliphatic rings. The lowest BCUT2D eigenvalue weighted by Crippen LogP contribution is -2.46. The van der Waals surface area contributed by atoms with E-state index < -0.39 is 5.60 Å². The summed E-state index contributed by atoms with van der Waals surface area (Å²) in [4.78, 5) is 13.1. The third-order valence-electron chi connectivity index (χ3n) is 5.91. The van der Waals surface area contributed by atoms with E-state index in [2.05, 4.69) is 32.9 Å². The van der Waals surface area contributed by atoms with Crippen LogP contribution >= 0.6 is 0 Å². The molecule has 0 fully saturated rings. The first-order chi connectivity index (χ1) is 12.4. The molecule has 0 spiro atoms. The van der Waals surface area contributed by atoms with E-state index in [-0.39, 0.29) is 5.78 Å². The smallest absolute Gasteiger partial charge is 0.198 e.